The zero-order valence-electron chi connectivity index (χ0n) is 16.9. The number of carbonyl (C=O) groups excluding carboxylic acids is 1. The molecule has 0 heterocycles. The van der Waals surface area contributed by atoms with E-state index in [4.69, 9.17) is 14.2 Å². The summed E-state index contributed by atoms with van der Waals surface area (Å²) in [6.45, 7) is 2.03. The number of hydrogen-bond donors (Lipinski definition) is 1. The zero-order valence-corrected chi connectivity index (χ0v) is 16.9. The number of carbonyl (C=O) groups is 1. The molecule has 0 fully saturated rings. The van der Waals surface area contributed by atoms with Gasteiger partial charge in [-0.2, -0.15) is 0 Å². The number of nitrogens with zero attached hydrogens (tertiary/aromatic N) is 1. The second-order valence-corrected chi connectivity index (χ2v) is 6.40. The van der Waals surface area contributed by atoms with E-state index >= 15 is 0 Å². The van der Waals surface area contributed by atoms with Gasteiger partial charge in [-0.25, -0.2) is 0 Å². The van der Waals surface area contributed by atoms with Crippen molar-refractivity contribution in [1.29, 1.82) is 0 Å². The van der Waals surface area contributed by atoms with Crippen LogP contribution in [0.2, 0.25) is 0 Å². The Morgan fingerprint density at radius 1 is 1.04 bits per heavy atom. The summed E-state index contributed by atoms with van der Waals surface area (Å²) in [7, 11) is 6.36. The van der Waals surface area contributed by atoms with Gasteiger partial charge < -0.3 is 24.2 Å². The van der Waals surface area contributed by atoms with Crippen LogP contribution >= 0.6 is 0 Å². The molecule has 0 saturated carbocycles. The molecule has 0 saturated heterocycles. The summed E-state index contributed by atoms with van der Waals surface area (Å²) in [6.07, 6.45) is 0.715. The number of hydrogen-bond acceptors (Lipinski definition) is 5. The average molecular weight is 385 g/mol. The number of aliphatic hydroxyl groups excluding tert-OH is 1. The van der Waals surface area contributed by atoms with Crippen LogP contribution in [0.5, 0.6) is 17.2 Å². The fraction of sp³-hybridized carbons (Fsp3) is 0.318. The van der Waals surface area contributed by atoms with Crippen molar-refractivity contribution in [2.45, 2.75) is 13.0 Å². The Morgan fingerprint density at radius 2 is 1.68 bits per heavy atom. The van der Waals surface area contributed by atoms with E-state index in [0.29, 0.717) is 17.1 Å². The van der Waals surface area contributed by atoms with Crippen molar-refractivity contribution in [3.8, 4) is 17.2 Å². The maximum Gasteiger partial charge on any atom is 0.246 e. The number of likely N-dealkylation sites (N-methyl/N-ethyl adjacent to an activating group) is 1. The Balaban J connectivity index is 2.06. The second-order valence-electron chi connectivity index (χ2n) is 6.40. The smallest absolute Gasteiger partial charge is 0.246 e. The lowest BCUT2D eigenvalue weighted by molar-refractivity contribution is -0.126. The SMILES string of the molecule is COc1ccc(/C(C)=C/C(=O)N(C)CC(O)c2ccc(OC)c(OC)c2)cc1. The lowest BCUT2D eigenvalue weighted by Crippen LogP contribution is -2.29. The first-order valence-corrected chi connectivity index (χ1v) is 8.87. The third-order valence-electron chi connectivity index (χ3n) is 4.50. The summed E-state index contributed by atoms with van der Waals surface area (Å²) in [5, 5.41) is 10.5. The van der Waals surface area contributed by atoms with E-state index in [1.54, 1.807) is 45.5 Å². The van der Waals surface area contributed by atoms with Crippen molar-refractivity contribution in [2.75, 3.05) is 34.9 Å². The zero-order chi connectivity index (χ0) is 20.7. The third-order valence-corrected chi connectivity index (χ3v) is 4.50. The molecular formula is C22H27NO5. The standard InChI is InChI=1S/C22H27NO5/c1-15(16-6-9-18(26-3)10-7-16)12-22(25)23(2)14-19(24)17-8-11-20(27-4)21(13-17)28-5/h6-13,19,24H,14H2,1-5H3/b15-12+. The summed E-state index contributed by atoms with van der Waals surface area (Å²) in [5.74, 6) is 1.69. The van der Waals surface area contributed by atoms with Crippen molar-refractivity contribution in [3.63, 3.8) is 0 Å². The number of allylic oxidation sites excluding steroid dienone is 1. The minimum absolute atomic E-state index is 0.153. The molecule has 0 spiro atoms. The van der Waals surface area contributed by atoms with E-state index in [1.807, 2.05) is 31.2 Å². The highest BCUT2D eigenvalue weighted by atomic mass is 16.5. The Hall–Kier alpha value is -2.99. The van der Waals surface area contributed by atoms with Crippen LogP contribution in [-0.4, -0.2) is 50.8 Å². The van der Waals surface area contributed by atoms with Crippen LogP contribution < -0.4 is 14.2 Å². The van der Waals surface area contributed by atoms with Gasteiger partial charge in [-0.3, -0.25) is 4.79 Å². The number of ether oxygens (including phenoxy) is 3. The molecule has 0 aliphatic rings. The van der Waals surface area contributed by atoms with Crippen LogP contribution in [0.4, 0.5) is 0 Å². The van der Waals surface area contributed by atoms with E-state index in [0.717, 1.165) is 16.9 Å². The number of benzene rings is 2. The highest BCUT2D eigenvalue weighted by Gasteiger charge is 2.16. The van der Waals surface area contributed by atoms with Crippen molar-refractivity contribution >= 4 is 11.5 Å². The van der Waals surface area contributed by atoms with Gasteiger partial charge in [-0.1, -0.05) is 18.2 Å². The van der Waals surface area contributed by atoms with Gasteiger partial charge in [0.05, 0.1) is 34.0 Å². The van der Waals surface area contributed by atoms with Crippen LogP contribution in [0.15, 0.2) is 48.5 Å². The third kappa shape index (κ3) is 5.27. The number of amides is 1. The summed E-state index contributed by atoms with van der Waals surface area (Å²) >= 11 is 0. The molecule has 1 atom stereocenters. The van der Waals surface area contributed by atoms with E-state index in [2.05, 4.69) is 0 Å². The predicted molar refractivity (Wildman–Crippen MR) is 109 cm³/mol. The fourth-order valence-electron chi connectivity index (χ4n) is 2.75. The molecule has 2 aromatic rings. The minimum Gasteiger partial charge on any atom is -0.497 e. The monoisotopic (exact) mass is 385 g/mol. The molecule has 1 unspecified atom stereocenters. The van der Waals surface area contributed by atoms with Crippen LogP contribution in [0, 0.1) is 0 Å². The van der Waals surface area contributed by atoms with Gasteiger partial charge in [0.1, 0.15) is 5.75 Å². The van der Waals surface area contributed by atoms with Gasteiger partial charge in [-0.15, -0.1) is 0 Å². The lowest BCUT2D eigenvalue weighted by Gasteiger charge is -2.21. The molecule has 0 aromatic heterocycles. The fourth-order valence-corrected chi connectivity index (χ4v) is 2.75. The summed E-state index contributed by atoms with van der Waals surface area (Å²) < 4.78 is 15.6. The summed E-state index contributed by atoms with van der Waals surface area (Å²) in [6, 6.07) is 12.7. The summed E-state index contributed by atoms with van der Waals surface area (Å²) in [4.78, 5) is 14.0. The van der Waals surface area contributed by atoms with Crippen molar-refractivity contribution in [2.24, 2.45) is 0 Å². The number of rotatable bonds is 8. The van der Waals surface area contributed by atoms with E-state index in [-0.39, 0.29) is 12.5 Å². The molecule has 6 heteroatoms. The van der Waals surface area contributed by atoms with Crippen LogP contribution in [0.25, 0.3) is 5.57 Å². The van der Waals surface area contributed by atoms with Crippen LogP contribution in [-0.2, 0) is 4.79 Å². The highest BCUT2D eigenvalue weighted by molar-refractivity contribution is 5.94. The topological polar surface area (TPSA) is 68.2 Å². The van der Waals surface area contributed by atoms with Gasteiger partial charge in [0, 0.05) is 13.1 Å². The van der Waals surface area contributed by atoms with Gasteiger partial charge >= 0.3 is 0 Å². The van der Waals surface area contributed by atoms with Crippen LogP contribution in [0.3, 0.4) is 0 Å². The first-order valence-electron chi connectivity index (χ1n) is 8.87. The Labute approximate surface area is 166 Å². The molecule has 150 valence electrons. The molecule has 6 nitrogen and oxygen atoms in total. The minimum atomic E-state index is -0.844. The largest absolute Gasteiger partial charge is 0.497 e. The van der Waals surface area contributed by atoms with Crippen molar-refractivity contribution in [1.82, 2.24) is 4.90 Å². The molecule has 0 radical (unpaired) electrons. The molecule has 0 aliphatic carbocycles. The Bertz CT molecular complexity index is 829. The molecule has 28 heavy (non-hydrogen) atoms. The molecule has 2 aromatic carbocycles. The first kappa shape index (κ1) is 21.3. The molecular weight excluding hydrogens is 358 g/mol. The normalized spacial score (nSPS) is 12.3. The van der Waals surface area contributed by atoms with Crippen LogP contribution in [0.1, 0.15) is 24.2 Å². The number of aliphatic hydroxyl groups is 1. The van der Waals surface area contributed by atoms with Crippen molar-refractivity contribution < 1.29 is 24.1 Å². The van der Waals surface area contributed by atoms with Gasteiger partial charge in [-0.05, 0) is 47.9 Å². The number of methoxy groups -OCH3 is 3. The first-order chi connectivity index (χ1) is 13.4. The molecule has 1 amide bonds. The van der Waals surface area contributed by atoms with E-state index < -0.39 is 6.10 Å². The van der Waals surface area contributed by atoms with E-state index in [9.17, 15) is 9.90 Å². The predicted octanol–water partition coefficient (Wildman–Crippen LogP) is 3.31. The van der Waals surface area contributed by atoms with Gasteiger partial charge in [0.25, 0.3) is 0 Å². The Morgan fingerprint density at radius 3 is 2.25 bits per heavy atom. The molecule has 2 rings (SSSR count). The quantitative estimate of drug-likeness (QED) is 0.706. The highest BCUT2D eigenvalue weighted by Crippen LogP contribution is 2.30. The van der Waals surface area contributed by atoms with Gasteiger partial charge in [0.2, 0.25) is 5.91 Å². The summed E-state index contributed by atoms with van der Waals surface area (Å²) in [5.41, 5.74) is 2.41. The van der Waals surface area contributed by atoms with Crippen molar-refractivity contribution in [3.05, 3.63) is 59.7 Å². The average Bonchev–Trinajstić information content (AvgIpc) is 2.72. The second kappa shape index (κ2) is 9.80. The molecule has 1 N–H and O–H groups in total. The maximum atomic E-state index is 12.5. The molecule has 0 aliphatic heterocycles. The van der Waals surface area contributed by atoms with E-state index in [1.165, 1.54) is 12.0 Å². The molecule has 0 bridgehead atoms. The van der Waals surface area contributed by atoms with Gasteiger partial charge in [0.15, 0.2) is 11.5 Å². The maximum absolute atomic E-state index is 12.5. The Kier molecular flexibility index (Phi) is 7.46. The lowest BCUT2D eigenvalue weighted by atomic mass is 10.1.